The van der Waals surface area contributed by atoms with E-state index in [1.54, 1.807) is 0 Å². The maximum atomic E-state index is 11.5. The Bertz CT molecular complexity index is 432. The van der Waals surface area contributed by atoms with Gasteiger partial charge in [0.05, 0.1) is 11.8 Å². The summed E-state index contributed by atoms with van der Waals surface area (Å²) in [7, 11) is -2.23. The largest absolute Gasteiger partial charge is 0.393 e. The van der Waals surface area contributed by atoms with Crippen molar-refractivity contribution in [3.8, 4) is 0 Å². The van der Waals surface area contributed by atoms with Gasteiger partial charge in [-0.1, -0.05) is 0 Å². The molecule has 7 nitrogen and oxygen atoms in total. The van der Waals surface area contributed by atoms with E-state index in [0.29, 0.717) is 6.42 Å². The predicted molar refractivity (Wildman–Crippen MR) is 52.2 cm³/mol. The van der Waals surface area contributed by atoms with Crippen LogP contribution in [0, 0.1) is 11.8 Å². The Morgan fingerprint density at radius 3 is 2.56 bits per heavy atom. The lowest BCUT2D eigenvalue weighted by Gasteiger charge is -2.30. The molecule has 2 saturated heterocycles. The Labute approximate surface area is 92.9 Å². The van der Waals surface area contributed by atoms with Gasteiger partial charge >= 0.3 is 11.9 Å². The van der Waals surface area contributed by atoms with Crippen molar-refractivity contribution < 1.29 is 22.7 Å². The summed E-state index contributed by atoms with van der Waals surface area (Å²) in [5.74, 6) is -2.28. The van der Waals surface area contributed by atoms with Crippen LogP contribution in [-0.2, 0) is 24.5 Å². The quantitative estimate of drug-likeness (QED) is 0.473. The van der Waals surface area contributed by atoms with Crippen LogP contribution >= 0.6 is 0 Å². The van der Waals surface area contributed by atoms with Crippen molar-refractivity contribution >= 4 is 22.1 Å². The maximum Gasteiger partial charge on any atom is 0.318 e. The first-order valence-corrected chi connectivity index (χ1v) is 6.34. The van der Waals surface area contributed by atoms with Crippen LogP contribution in [0.15, 0.2) is 0 Å². The molecule has 2 atom stereocenters. The summed E-state index contributed by atoms with van der Waals surface area (Å²) in [6, 6.07) is 0. The van der Waals surface area contributed by atoms with Gasteiger partial charge in [0.25, 0.3) is 10.2 Å². The Hall–Kier alpha value is -0.990. The summed E-state index contributed by atoms with van der Waals surface area (Å²) in [4.78, 5) is 22.5. The van der Waals surface area contributed by atoms with Crippen molar-refractivity contribution in [2.45, 2.75) is 6.42 Å². The van der Waals surface area contributed by atoms with Crippen molar-refractivity contribution in [2.75, 3.05) is 20.1 Å². The molecule has 90 valence electrons. The number of carbonyl (C=O) groups excluding carboxylic acids is 2. The van der Waals surface area contributed by atoms with E-state index in [4.69, 9.17) is 0 Å². The normalized spacial score (nSPS) is 31.3. The molecule has 2 fully saturated rings. The van der Waals surface area contributed by atoms with Crippen LogP contribution in [0.5, 0.6) is 0 Å². The molecule has 0 amide bonds. The van der Waals surface area contributed by atoms with E-state index in [9.17, 15) is 18.0 Å². The topological polar surface area (TPSA) is 92.8 Å². The van der Waals surface area contributed by atoms with Crippen molar-refractivity contribution in [3.05, 3.63) is 0 Å². The minimum atomic E-state index is -3.54. The molecule has 0 bridgehead atoms. The lowest BCUT2D eigenvalue weighted by molar-refractivity contribution is -0.153. The summed E-state index contributed by atoms with van der Waals surface area (Å²) in [6.45, 7) is 0.241. The number of nitrogens with zero attached hydrogens (tertiary/aromatic N) is 1. The Morgan fingerprint density at radius 2 is 1.94 bits per heavy atom. The third-order valence-corrected chi connectivity index (χ3v) is 4.51. The first-order chi connectivity index (χ1) is 7.45. The van der Waals surface area contributed by atoms with Crippen molar-refractivity contribution in [2.24, 2.45) is 11.8 Å². The number of hydrogen-bond donors (Lipinski definition) is 1. The van der Waals surface area contributed by atoms with Crippen LogP contribution in [0.1, 0.15) is 6.42 Å². The number of fused-ring (bicyclic) bond motifs is 1. The molecule has 1 N–H and O–H groups in total. The van der Waals surface area contributed by atoms with Gasteiger partial charge in [-0.2, -0.15) is 12.7 Å². The number of ether oxygens (including phenoxy) is 1. The Balaban J connectivity index is 2.17. The summed E-state index contributed by atoms with van der Waals surface area (Å²) >= 11 is 0. The molecule has 8 heteroatoms. The molecule has 0 saturated carbocycles. The van der Waals surface area contributed by atoms with E-state index in [0.717, 1.165) is 4.31 Å². The number of piperidine rings is 1. The molecule has 2 aliphatic rings. The average Bonchev–Trinajstić information content (AvgIpc) is 2.54. The number of rotatable bonds is 2. The lowest BCUT2D eigenvalue weighted by atomic mass is 9.89. The fraction of sp³-hybridized carbons (Fsp3) is 0.750. The molecule has 2 rings (SSSR count). The van der Waals surface area contributed by atoms with Gasteiger partial charge in [-0.15, -0.1) is 0 Å². The molecule has 0 aromatic rings. The number of hydrogen-bond acceptors (Lipinski definition) is 5. The van der Waals surface area contributed by atoms with E-state index < -0.39 is 34.0 Å². The second-order valence-electron chi connectivity index (χ2n) is 3.81. The standard InChI is InChI=1S/C8H12N2O5S/c1-9-16(13,14)10-3-2-5-6(4-10)8(12)15-7(5)11/h5-6,9H,2-4H2,1H3. The molecule has 0 spiro atoms. The van der Waals surface area contributed by atoms with Gasteiger partial charge in [0, 0.05) is 20.1 Å². The van der Waals surface area contributed by atoms with Crippen LogP contribution in [0.2, 0.25) is 0 Å². The molecule has 0 aromatic heterocycles. The van der Waals surface area contributed by atoms with Crippen molar-refractivity contribution in [3.63, 3.8) is 0 Å². The predicted octanol–water partition coefficient (Wildman–Crippen LogP) is -1.53. The van der Waals surface area contributed by atoms with E-state index in [2.05, 4.69) is 9.46 Å². The smallest absolute Gasteiger partial charge is 0.318 e. The highest BCUT2D eigenvalue weighted by Gasteiger charge is 2.48. The first-order valence-electron chi connectivity index (χ1n) is 4.90. The van der Waals surface area contributed by atoms with Gasteiger partial charge in [-0.05, 0) is 6.42 Å². The summed E-state index contributed by atoms with van der Waals surface area (Å²) in [6.07, 6.45) is 0.330. The van der Waals surface area contributed by atoms with Gasteiger partial charge in [-0.25, -0.2) is 4.72 Å². The zero-order valence-electron chi connectivity index (χ0n) is 8.67. The highest BCUT2D eigenvalue weighted by Crippen LogP contribution is 2.32. The number of esters is 2. The van der Waals surface area contributed by atoms with Crippen LogP contribution in [0.3, 0.4) is 0 Å². The molecule has 2 unspecified atom stereocenters. The van der Waals surface area contributed by atoms with E-state index >= 15 is 0 Å². The second kappa shape index (κ2) is 3.79. The van der Waals surface area contributed by atoms with Gasteiger partial charge in [0.15, 0.2) is 0 Å². The van der Waals surface area contributed by atoms with Crippen molar-refractivity contribution in [1.82, 2.24) is 9.03 Å². The number of cyclic esters (lactones) is 2. The Kier molecular flexibility index (Phi) is 2.72. The second-order valence-corrected chi connectivity index (χ2v) is 5.68. The number of carbonyl (C=O) groups is 2. The molecular formula is C8H12N2O5S. The molecule has 2 heterocycles. The Morgan fingerprint density at radius 1 is 1.31 bits per heavy atom. The highest BCUT2D eigenvalue weighted by atomic mass is 32.2. The number of nitrogens with one attached hydrogen (secondary N) is 1. The maximum absolute atomic E-state index is 11.5. The van der Waals surface area contributed by atoms with Crippen LogP contribution in [-0.4, -0.2) is 44.8 Å². The highest BCUT2D eigenvalue weighted by molar-refractivity contribution is 7.87. The summed E-state index contributed by atoms with van der Waals surface area (Å²) < 4.78 is 30.8. The zero-order chi connectivity index (χ0) is 11.9. The van der Waals surface area contributed by atoms with Crippen molar-refractivity contribution in [1.29, 1.82) is 0 Å². The minimum Gasteiger partial charge on any atom is -0.393 e. The molecular weight excluding hydrogens is 236 g/mol. The summed E-state index contributed by atoms with van der Waals surface area (Å²) in [5.41, 5.74) is 0. The SMILES string of the molecule is CNS(=O)(=O)N1CCC2C(=O)OC(=O)C2C1. The van der Waals surface area contributed by atoms with Gasteiger partial charge < -0.3 is 4.74 Å². The third kappa shape index (κ3) is 1.72. The van der Waals surface area contributed by atoms with Gasteiger partial charge in [0.1, 0.15) is 0 Å². The average molecular weight is 248 g/mol. The third-order valence-electron chi connectivity index (χ3n) is 2.98. The van der Waals surface area contributed by atoms with Crippen LogP contribution < -0.4 is 4.72 Å². The summed E-state index contributed by atoms with van der Waals surface area (Å²) in [5, 5.41) is 0. The molecule has 2 aliphatic heterocycles. The molecule has 0 aliphatic carbocycles. The van der Waals surface area contributed by atoms with Crippen LogP contribution in [0.4, 0.5) is 0 Å². The molecule has 0 radical (unpaired) electrons. The van der Waals surface area contributed by atoms with E-state index in [-0.39, 0.29) is 13.1 Å². The van der Waals surface area contributed by atoms with Crippen LogP contribution in [0.25, 0.3) is 0 Å². The fourth-order valence-electron chi connectivity index (χ4n) is 2.04. The van der Waals surface area contributed by atoms with Gasteiger partial charge in [-0.3, -0.25) is 9.59 Å². The fourth-order valence-corrected chi connectivity index (χ4v) is 3.00. The van der Waals surface area contributed by atoms with E-state index in [1.165, 1.54) is 7.05 Å². The lowest BCUT2D eigenvalue weighted by Crippen LogP contribution is -2.48. The first kappa shape index (κ1) is 11.5. The van der Waals surface area contributed by atoms with E-state index in [1.807, 2.05) is 0 Å². The molecule has 16 heavy (non-hydrogen) atoms. The van der Waals surface area contributed by atoms with Gasteiger partial charge in [0.2, 0.25) is 0 Å². The minimum absolute atomic E-state index is 0.0123. The zero-order valence-corrected chi connectivity index (χ0v) is 9.49. The monoisotopic (exact) mass is 248 g/mol. The molecule has 0 aromatic carbocycles.